The lowest BCUT2D eigenvalue weighted by molar-refractivity contribution is -0.137. The first-order valence-electron chi connectivity index (χ1n) is 7.40. The van der Waals surface area contributed by atoms with Crippen molar-refractivity contribution in [3.05, 3.63) is 35.4 Å². The molecule has 0 spiro atoms. The average molecular weight is 302 g/mol. The van der Waals surface area contributed by atoms with Gasteiger partial charge in [0.05, 0.1) is 17.8 Å². The van der Waals surface area contributed by atoms with Crippen molar-refractivity contribution >= 4 is 0 Å². The zero-order valence-corrected chi connectivity index (χ0v) is 11.8. The Labute approximate surface area is 122 Å². The minimum atomic E-state index is -4.35. The highest BCUT2D eigenvalue weighted by Gasteiger charge is 2.31. The first-order valence-corrected chi connectivity index (χ1v) is 7.40. The van der Waals surface area contributed by atoms with Gasteiger partial charge in [0.25, 0.3) is 0 Å². The van der Waals surface area contributed by atoms with Crippen LogP contribution in [-0.2, 0) is 12.6 Å². The number of hydrogen-bond donors (Lipinski definition) is 2. The van der Waals surface area contributed by atoms with Gasteiger partial charge in [0.1, 0.15) is 0 Å². The topological polar surface area (TPSA) is 40.5 Å². The zero-order valence-electron chi connectivity index (χ0n) is 11.8. The maximum absolute atomic E-state index is 12.5. The van der Waals surface area contributed by atoms with Crippen LogP contribution in [0.1, 0.15) is 43.2 Å². The molecule has 0 amide bonds. The fraction of sp³-hybridized carbons (Fsp3) is 0.625. The molecule has 0 bridgehead atoms. The van der Waals surface area contributed by atoms with E-state index in [1.807, 2.05) is 0 Å². The van der Waals surface area contributed by atoms with E-state index < -0.39 is 23.9 Å². The molecule has 1 aromatic carbocycles. The summed E-state index contributed by atoms with van der Waals surface area (Å²) < 4.78 is 37.4. The fourth-order valence-corrected chi connectivity index (χ4v) is 2.98. The number of aliphatic hydroxyl groups is 2. The number of alkyl halides is 3. The van der Waals surface area contributed by atoms with Crippen molar-refractivity contribution in [3.8, 4) is 0 Å². The van der Waals surface area contributed by atoms with Crippen LogP contribution in [0.2, 0.25) is 0 Å². The predicted molar refractivity (Wildman–Crippen MR) is 73.7 cm³/mol. The summed E-state index contributed by atoms with van der Waals surface area (Å²) in [5.74, 6) is 0.100. The van der Waals surface area contributed by atoms with Crippen molar-refractivity contribution < 1.29 is 23.4 Å². The lowest BCUT2D eigenvalue weighted by Gasteiger charge is -2.29. The second-order valence-electron chi connectivity index (χ2n) is 5.85. The number of halogens is 3. The Morgan fingerprint density at radius 2 is 1.57 bits per heavy atom. The molecule has 118 valence electrons. The van der Waals surface area contributed by atoms with Gasteiger partial charge in [-0.1, -0.05) is 31.4 Å². The molecule has 1 saturated carbocycles. The normalized spacial score (nSPS) is 20.2. The van der Waals surface area contributed by atoms with Crippen LogP contribution in [0.4, 0.5) is 13.2 Å². The van der Waals surface area contributed by atoms with Gasteiger partial charge in [-0.25, -0.2) is 0 Å². The van der Waals surface area contributed by atoms with Crippen LogP contribution in [-0.4, -0.2) is 22.4 Å². The smallest absolute Gasteiger partial charge is 0.390 e. The highest BCUT2D eigenvalue weighted by molar-refractivity contribution is 5.25. The van der Waals surface area contributed by atoms with Crippen LogP contribution in [0, 0.1) is 5.92 Å². The fourth-order valence-electron chi connectivity index (χ4n) is 2.98. The molecule has 2 rings (SSSR count). The van der Waals surface area contributed by atoms with E-state index in [4.69, 9.17) is 0 Å². The van der Waals surface area contributed by atoms with Crippen LogP contribution in [0.15, 0.2) is 24.3 Å². The van der Waals surface area contributed by atoms with E-state index in [1.54, 1.807) is 0 Å². The molecule has 0 saturated heterocycles. The van der Waals surface area contributed by atoms with Crippen molar-refractivity contribution in [1.29, 1.82) is 0 Å². The second-order valence-corrected chi connectivity index (χ2v) is 5.85. The number of hydrogen-bond acceptors (Lipinski definition) is 2. The molecule has 5 heteroatoms. The van der Waals surface area contributed by atoms with E-state index in [9.17, 15) is 23.4 Å². The number of benzene rings is 1. The maximum Gasteiger partial charge on any atom is 0.416 e. The van der Waals surface area contributed by atoms with Crippen molar-refractivity contribution in [3.63, 3.8) is 0 Å². The molecule has 2 N–H and O–H groups in total. The molecule has 1 aliphatic rings. The monoisotopic (exact) mass is 302 g/mol. The Bertz CT molecular complexity index is 436. The van der Waals surface area contributed by atoms with Gasteiger partial charge in [0.15, 0.2) is 0 Å². The summed E-state index contributed by atoms with van der Waals surface area (Å²) in [7, 11) is 0. The SMILES string of the molecule is OC(Cc1ccc(C(F)(F)F)cc1)C(O)C1CCCCC1. The van der Waals surface area contributed by atoms with E-state index in [2.05, 4.69) is 0 Å². The summed E-state index contributed by atoms with van der Waals surface area (Å²) in [5, 5.41) is 20.2. The molecular formula is C16H21F3O2. The zero-order chi connectivity index (χ0) is 15.5. The van der Waals surface area contributed by atoms with Crippen LogP contribution in [0.25, 0.3) is 0 Å². The molecule has 2 atom stereocenters. The van der Waals surface area contributed by atoms with Crippen molar-refractivity contribution in [1.82, 2.24) is 0 Å². The standard InChI is InChI=1S/C16H21F3O2/c17-16(18,19)13-8-6-11(7-9-13)10-14(20)15(21)12-4-2-1-3-5-12/h6-9,12,14-15,20-21H,1-5,10H2. The summed E-state index contributed by atoms with van der Waals surface area (Å²) >= 11 is 0. The quantitative estimate of drug-likeness (QED) is 0.893. The third-order valence-corrected chi connectivity index (χ3v) is 4.25. The Morgan fingerprint density at radius 1 is 1.00 bits per heavy atom. The van der Waals surface area contributed by atoms with Gasteiger partial charge in [-0.05, 0) is 36.5 Å². The summed E-state index contributed by atoms with van der Waals surface area (Å²) in [6.45, 7) is 0. The van der Waals surface area contributed by atoms with Gasteiger partial charge >= 0.3 is 6.18 Å². The van der Waals surface area contributed by atoms with E-state index in [1.165, 1.54) is 12.1 Å². The van der Waals surface area contributed by atoms with E-state index in [0.29, 0.717) is 5.56 Å². The molecule has 21 heavy (non-hydrogen) atoms. The average Bonchev–Trinajstić information content (AvgIpc) is 2.47. The third kappa shape index (κ3) is 4.45. The Balaban J connectivity index is 1.94. The van der Waals surface area contributed by atoms with Gasteiger partial charge in [0, 0.05) is 6.42 Å². The third-order valence-electron chi connectivity index (χ3n) is 4.25. The first-order chi connectivity index (χ1) is 9.88. The Morgan fingerprint density at radius 3 is 2.10 bits per heavy atom. The van der Waals surface area contributed by atoms with Crippen LogP contribution >= 0.6 is 0 Å². The Kier molecular flexibility index (Phi) is 5.27. The van der Waals surface area contributed by atoms with Crippen LogP contribution in [0.3, 0.4) is 0 Å². The summed E-state index contributed by atoms with van der Waals surface area (Å²) in [6, 6.07) is 4.74. The van der Waals surface area contributed by atoms with Gasteiger partial charge < -0.3 is 10.2 Å². The lowest BCUT2D eigenvalue weighted by Crippen LogP contribution is -2.36. The minimum Gasteiger partial charge on any atom is -0.390 e. The van der Waals surface area contributed by atoms with Crippen LogP contribution in [0.5, 0.6) is 0 Å². The summed E-state index contributed by atoms with van der Waals surface area (Å²) in [4.78, 5) is 0. The summed E-state index contributed by atoms with van der Waals surface area (Å²) in [5.41, 5.74) is -0.0982. The van der Waals surface area contributed by atoms with E-state index in [-0.39, 0.29) is 12.3 Å². The maximum atomic E-state index is 12.5. The predicted octanol–water partition coefficient (Wildman–Crippen LogP) is 3.55. The second kappa shape index (κ2) is 6.79. The van der Waals surface area contributed by atoms with Crippen molar-refractivity contribution in [2.24, 2.45) is 5.92 Å². The first kappa shape index (κ1) is 16.3. The van der Waals surface area contributed by atoms with E-state index >= 15 is 0 Å². The van der Waals surface area contributed by atoms with Crippen molar-refractivity contribution in [2.75, 3.05) is 0 Å². The van der Waals surface area contributed by atoms with Crippen LogP contribution < -0.4 is 0 Å². The minimum absolute atomic E-state index is 0.100. The molecule has 1 fully saturated rings. The highest BCUT2D eigenvalue weighted by atomic mass is 19.4. The van der Waals surface area contributed by atoms with E-state index in [0.717, 1.165) is 44.2 Å². The lowest BCUT2D eigenvalue weighted by atomic mass is 9.82. The van der Waals surface area contributed by atoms with Gasteiger partial charge in [-0.15, -0.1) is 0 Å². The van der Waals surface area contributed by atoms with Gasteiger partial charge in [0.2, 0.25) is 0 Å². The molecule has 2 nitrogen and oxygen atoms in total. The van der Waals surface area contributed by atoms with Gasteiger partial charge in [-0.2, -0.15) is 13.2 Å². The van der Waals surface area contributed by atoms with Crippen molar-refractivity contribution in [2.45, 2.75) is 56.9 Å². The molecule has 1 aliphatic carbocycles. The molecular weight excluding hydrogens is 281 g/mol. The molecule has 1 aromatic rings. The summed E-state index contributed by atoms with van der Waals surface area (Å²) in [6.07, 6.45) is -0.787. The largest absolute Gasteiger partial charge is 0.416 e. The molecule has 0 aromatic heterocycles. The molecule has 0 aliphatic heterocycles. The highest BCUT2D eigenvalue weighted by Crippen LogP contribution is 2.30. The number of aliphatic hydroxyl groups excluding tert-OH is 2. The molecule has 2 unspecified atom stereocenters. The number of rotatable bonds is 4. The molecule has 0 heterocycles. The molecule has 0 radical (unpaired) electrons. The Hall–Kier alpha value is -1.07. The van der Waals surface area contributed by atoms with Gasteiger partial charge in [-0.3, -0.25) is 0 Å².